The number of hydrogen-bond acceptors (Lipinski definition) is 5. The molecular formula is C13H22N4OS. The molecule has 1 aromatic rings. The second kappa shape index (κ2) is 7.99. The van der Waals surface area contributed by atoms with Crippen molar-refractivity contribution in [1.29, 1.82) is 0 Å². The monoisotopic (exact) mass is 282 g/mol. The van der Waals surface area contributed by atoms with E-state index in [-0.39, 0.29) is 11.9 Å². The third-order valence-corrected chi connectivity index (χ3v) is 3.61. The molecule has 0 aromatic carbocycles. The van der Waals surface area contributed by atoms with Crippen LogP contribution >= 0.6 is 11.8 Å². The topological polar surface area (TPSA) is 58.1 Å². The van der Waals surface area contributed by atoms with E-state index in [2.05, 4.69) is 22.2 Å². The summed E-state index contributed by atoms with van der Waals surface area (Å²) in [5.41, 5.74) is 0.386. The number of nitrogens with zero attached hydrogens (tertiary/aromatic N) is 3. The molecule has 0 fully saturated rings. The van der Waals surface area contributed by atoms with E-state index in [9.17, 15) is 4.79 Å². The SMILES string of the molecule is CCCNc1cncc(C(=O)N(C)C(C)CSC)n1. The summed E-state index contributed by atoms with van der Waals surface area (Å²) < 4.78 is 0. The second-order valence-corrected chi connectivity index (χ2v) is 5.35. The molecule has 0 aliphatic rings. The average Bonchev–Trinajstić information content (AvgIpc) is 2.44. The normalized spacial score (nSPS) is 12.0. The first-order chi connectivity index (χ1) is 9.10. The Morgan fingerprint density at radius 1 is 1.53 bits per heavy atom. The molecule has 1 atom stereocenters. The van der Waals surface area contributed by atoms with Crippen molar-refractivity contribution in [3.05, 3.63) is 18.1 Å². The van der Waals surface area contributed by atoms with E-state index in [0.29, 0.717) is 11.5 Å². The molecular weight excluding hydrogens is 260 g/mol. The maximum atomic E-state index is 12.3. The first kappa shape index (κ1) is 15.8. The van der Waals surface area contributed by atoms with Gasteiger partial charge in [-0.3, -0.25) is 9.78 Å². The number of thioether (sulfide) groups is 1. The van der Waals surface area contributed by atoms with Crippen LogP contribution in [0.5, 0.6) is 0 Å². The lowest BCUT2D eigenvalue weighted by Crippen LogP contribution is -2.37. The molecule has 1 rings (SSSR count). The zero-order chi connectivity index (χ0) is 14.3. The molecule has 1 unspecified atom stereocenters. The van der Waals surface area contributed by atoms with Crippen LogP contribution in [-0.4, -0.2) is 52.4 Å². The molecule has 1 N–H and O–H groups in total. The summed E-state index contributed by atoms with van der Waals surface area (Å²) in [4.78, 5) is 22.4. The minimum Gasteiger partial charge on any atom is -0.369 e. The molecule has 0 bridgehead atoms. The summed E-state index contributed by atoms with van der Waals surface area (Å²) in [6, 6.07) is 0.177. The van der Waals surface area contributed by atoms with Crippen molar-refractivity contribution >= 4 is 23.5 Å². The molecule has 0 aliphatic heterocycles. The fraction of sp³-hybridized carbons (Fsp3) is 0.615. The molecule has 1 amide bonds. The van der Waals surface area contributed by atoms with E-state index in [0.717, 1.165) is 18.7 Å². The van der Waals surface area contributed by atoms with E-state index >= 15 is 0 Å². The first-order valence-corrected chi connectivity index (χ1v) is 7.81. The van der Waals surface area contributed by atoms with Crippen LogP contribution in [-0.2, 0) is 0 Å². The molecule has 19 heavy (non-hydrogen) atoms. The van der Waals surface area contributed by atoms with Crippen LogP contribution in [0.2, 0.25) is 0 Å². The highest BCUT2D eigenvalue weighted by molar-refractivity contribution is 7.98. The van der Waals surface area contributed by atoms with E-state index < -0.39 is 0 Å². The van der Waals surface area contributed by atoms with Gasteiger partial charge >= 0.3 is 0 Å². The Hall–Kier alpha value is -1.30. The number of rotatable bonds is 7. The number of aromatic nitrogens is 2. The Kier molecular flexibility index (Phi) is 6.62. The molecule has 1 heterocycles. The minimum atomic E-state index is -0.0887. The predicted molar refractivity (Wildman–Crippen MR) is 80.8 cm³/mol. The average molecular weight is 282 g/mol. The maximum absolute atomic E-state index is 12.3. The van der Waals surface area contributed by atoms with Gasteiger partial charge < -0.3 is 10.2 Å². The first-order valence-electron chi connectivity index (χ1n) is 6.42. The van der Waals surface area contributed by atoms with Crippen LogP contribution in [0.4, 0.5) is 5.82 Å². The fourth-order valence-electron chi connectivity index (χ4n) is 1.54. The summed E-state index contributed by atoms with van der Waals surface area (Å²) >= 11 is 1.72. The molecule has 0 spiro atoms. The highest BCUT2D eigenvalue weighted by Gasteiger charge is 2.18. The Morgan fingerprint density at radius 2 is 2.26 bits per heavy atom. The van der Waals surface area contributed by atoms with Gasteiger partial charge in [-0.2, -0.15) is 11.8 Å². The summed E-state index contributed by atoms with van der Waals surface area (Å²) in [5.74, 6) is 1.47. The molecule has 0 radical (unpaired) electrons. The van der Waals surface area contributed by atoms with Crippen molar-refractivity contribution in [2.45, 2.75) is 26.3 Å². The Balaban J connectivity index is 2.75. The molecule has 0 aliphatic carbocycles. The predicted octanol–water partition coefficient (Wildman–Crippen LogP) is 2.12. The van der Waals surface area contributed by atoms with Crippen molar-refractivity contribution in [2.75, 3.05) is 30.9 Å². The van der Waals surface area contributed by atoms with Crippen LogP contribution in [0.1, 0.15) is 30.8 Å². The quantitative estimate of drug-likeness (QED) is 0.830. The second-order valence-electron chi connectivity index (χ2n) is 4.44. The van der Waals surface area contributed by atoms with Gasteiger partial charge in [0.15, 0.2) is 0 Å². The van der Waals surface area contributed by atoms with E-state index in [1.807, 2.05) is 13.2 Å². The number of hydrogen-bond donors (Lipinski definition) is 1. The van der Waals surface area contributed by atoms with Gasteiger partial charge in [-0.15, -0.1) is 0 Å². The third kappa shape index (κ3) is 4.70. The summed E-state index contributed by atoms with van der Waals surface area (Å²) in [7, 11) is 1.80. The minimum absolute atomic E-state index is 0.0887. The Bertz CT molecular complexity index is 413. The lowest BCUT2D eigenvalue weighted by molar-refractivity contribution is 0.0751. The van der Waals surface area contributed by atoms with Crippen LogP contribution in [0.3, 0.4) is 0 Å². The lowest BCUT2D eigenvalue weighted by atomic mass is 10.3. The summed E-state index contributed by atoms with van der Waals surface area (Å²) in [6.07, 6.45) is 6.19. The van der Waals surface area contributed by atoms with Crippen molar-refractivity contribution in [3.63, 3.8) is 0 Å². The van der Waals surface area contributed by atoms with Gasteiger partial charge in [-0.1, -0.05) is 6.92 Å². The van der Waals surface area contributed by atoms with Gasteiger partial charge in [0, 0.05) is 25.4 Å². The Labute approximate surface area is 119 Å². The van der Waals surface area contributed by atoms with Crippen LogP contribution < -0.4 is 5.32 Å². The highest BCUT2D eigenvalue weighted by Crippen LogP contribution is 2.09. The van der Waals surface area contributed by atoms with Crippen molar-refractivity contribution < 1.29 is 4.79 Å². The molecule has 5 nitrogen and oxygen atoms in total. The van der Waals surface area contributed by atoms with E-state index in [4.69, 9.17) is 0 Å². The molecule has 0 saturated carbocycles. The highest BCUT2D eigenvalue weighted by atomic mass is 32.2. The van der Waals surface area contributed by atoms with Gasteiger partial charge in [0.2, 0.25) is 0 Å². The molecule has 1 aromatic heterocycles. The van der Waals surface area contributed by atoms with Crippen molar-refractivity contribution in [3.8, 4) is 0 Å². The number of anilines is 1. The van der Waals surface area contributed by atoms with E-state index in [1.165, 1.54) is 6.20 Å². The maximum Gasteiger partial charge on any atom is 0.274 e. The molecule has 6 heteroatoms. The van der Waals surface area contributed by atoms with Crippen LogP contribution in [0.15, 0.2) is 12.4 Å². The zero-order valence-corrected chi connectivity index (χ0v) is 12.8. The lowest BCUT2D eigenvalue weighted by Gasteiger charge is -2.23. The summed E-state index contributed by atoms with van der Waals surface area (Å²) in [6.45, 7) is 4.93. The standard InChI is InChI=1S/C13H22N4OS/c1-5-6-15-12-8-14-7-11(16-12)13(18)17(3)10(2)9-19-4/h7-8,10H,5-6,9H2,1-4H3,(H,15,16). The fourth-order valence-corrected chi connectivity index (χ4v) is 2.25. The van der Waals surface area contributed by atoms with Crippen LogP contribution in [0, 0.1) is 0 Å². The van der Waals surface area contributed by atoms with Gasteiger partial charge in [0.1, 0.15) is 11.5 Å². The van der Waals surface area contributed by atoms with Gasteiger partial charge in [0.25, 0.3) is 5.91 Å². The molecule has 106 valence electrons. The zero-order valence-electron chi connectivity index (χ0n) is 12.0. The van der Waals surface area contributed by atoms with Gasteiger partial charge in [-0.25, -0.2) is 4.98 Å². The van der Waals surface area contributed by atoms with Crippen LogP contribution in [0.25, 0.3) is 0 Å². The third-order valence-electron chi connectivity index (χ3n) is 2.80. The van der Waals surface area contributed by atoms with Crippen molar-refractivity contribution in [1.82, 2.24) is 14.9 Å². The number of nitrogens with one attached hydrogen (secondary N) is 1. The van der Waals surface area contributed by atoms with Crippen molar-refractivity contribution in [2.24, 2.45) is 0 Å². The summed E-state index contributed by atoms with van der Waals surface area (Å²) in [5, 5.41) is 3.13. The number of amides is 1. The number of carbonyl (C=O) groups is 1. The number of carbonyl (C=O) groups excluding carboxylic acids is 1. The Morgan fingerprint density at radius 3 is 2.89 bits per heavy atom. The smallest absolute Gasteiger partial charge is 0.274 e. The largest absolute Gasteiger partial charge is 0.369 e. The van der Waals surface area contributed by atoms with E-state index in [1.54, 1.807) is 29.9 Å². The van der Waals surface area contributed by atoms with Gasteiger partial charge in [0.05, 0.1) is 12.4 Å². The van der Waals surface area contributed by atoms with Gasteiger partial charge in [-0.05, 0) is 19.6 Å². The molecule has 0 saturated heterocycles.